The van der Waals surface area contributed by atoms with Crippen molar-refractivity contribution in [2.45, 2.75) is 52.6 Å². The number of carbonyl (C=O) groups excluding carboxylic acids is 2. The lowest BCUT2D eigenvalue weighted by atomic mass is 10.1. The van der Waals surface area contributed by atoms with Crippen molar-refractivity contribution in [2.24, 2.45) is 0 Å². The summed E-state index contributed by atoms with van der Waals surface area (Å²) in [5.74, 6) is -0.0913. The highest BCUT2D eigenvalue weighted by atomic mass is 35.5. The lowest BCUT2D eigenvalue weighted by Crippen LogP contribution is -2.52. The summed E-state index contributed by atoms with van der Waals surface area (Å²) in [5, 5.41) is 3.26. The number of rotatable bonds is 13. The number of aryl methyl sites for hydroxylation is 1. The Morgan fingerprint density at radius 2 is 1.78 bits per heavy atom. The van der Waals surface area contributed by atoms with Crippen LogP contribution < -0.4 is 14.4 Å². The normalized spacial score (nSPS) is 12.1. The van der Waals surface area contributed by atoms with E-state index in [-0.39, 0.29) is 12.5 Å². The Bertz CT molecular complexity index is 1140. The number of ether oxygens (including phenoxy) is 1. The van der Waals surface area contributed by atoms with Gasteiger partial charge in [-0.05, 0) is 55.2 Å². The first-order valence-corrected chi connectivity index (χ1v) is 14.2. The van der Waals surface area contributed by atoms with Crippen molar-refractivity contribution in [2.75, 3.05) is 30.8 Å². The number of halogens is 1. The molecule has 0 saturated heterocycles. The molecule has 0 fully saturated rings. The fourth-order valence-electron chi connectivity index (χ4n) is 3.80. The van der Waals surface area contributed by atoms with Gasteiger partial charge in [0.1, 0.15) is 18.3 Å². The highest BCUT2D eigenvalue weighted by Gasteiger charge is 2.32. The van der Waals surface area contributed by atoms with E-state index in [0.717, 1.165) is 29.0 Å². The summed E-state index contributed by atoms with van der Waals surface area (Å²) in [6, 6.07) is 11.3. The number of amides is 2. The molecule has 2 aromatic rings. The van der Waals surface area contributed by atoms with Gasteiger partial charge in [-0.2, -0.15) is 0 Å². The third-order valence-electron chi connectivity index (χ3n) is 5.85. The lowest BCUT2D eigenvalue weighted by molar-refractivity contribution is -0.140. The molecule has 36 heavy (non-hydrogen) atoms. The molecule has 0 spiro atoms. The zero-order valence-electron chi connectivity index (χ0n) is 21.6. The van der Waals surface area contributed by atoms with Crippen LogP contribution in [0.15, 0.2) is 42.5 Å². The van der Waals surface area contributed by atoms with Crippen LogP contribution in [0.1, 0.15) is 44.2 Å². The number of hydrogen-bond donors (Lipinski definition) is 1. The van der Waals surface area contributed by atoms with Crippen LogP contribution in [0.3, 0.4) is 0 Å². The van der Waals surface area contributed by atoms with Crippen molar-refractivity contribution in [1.29, 1.82) is 0 Å². The maximum absolute atomic E-state index is 13.7. The van der Waals surface area contributed by atoms with E-state index in [9.17, 15) is 18.0 Å². The molecule has 2 rings (SSSR count). The predicted molar refractivity (Wildman–Crippen MR) is 144 cm³/mol. The standard InChI is InChI=1S/C26H36ClN3O5S/c1-6-8-15-28-26(32)23(7-2)29(17-20-10-13-22(35-4)14-11-20)25(31)18-30(36(5,33)34)24-16-21(27)12-9-19(24)3/h9-14,16,23H,6-8,15,17-18H2,1-5H3,(H,28,32). The van der Waals surface area contributed by atoms with Crippen LogP contribution in [-0.4, -0.2) is 57.6 Å². The first-order valence-electron chi connectivity index (χ1n) is 12.0. The first-order chi connectivity index (χ1) is 17.0. The number of nitrogens with zero attached hydrogens (tertiary/aromatic N) is 2. The molecule has 2 aromatic carbocycles. The van der Waals surface area contributed by atoms with Gasteiger partial charge in [0.05, 0.1) is 19.1 Å². The van der Waals surface area contributed by atoms with E-state index in [4.69, 9.17) is 16.3 Å². The molecule has 8 nitrogen and oxygen atoms in total. The third-order valence-corrected chi connectivity index (χ3v) is 7.21. The van der Waals surface area contributed by atoms with Gasteiger partial charge < -0.3 is 15.0 Å². The van der Waals surface area contributed by atoms with E-state index < -0.39 is 28.5 Å². The smallest absolute Gasteiger partial charge is 0.244 e. The van der Waals surface area contributed by atoms with Gasteiger partial charge in [-0.15, -0.1) is 0 Å². The zero-order valence-corrected chi connectivity index (χ0v) is 23.2. The second-order valence-electron chi connectivity index (χ2n) is 8.64. The molecule has 1 atom stereocenters. The summed E-state index contributed by atoms with van der Waals surface area (Å²) in [6.45, 7) is 5.78. The number of methoxy groups -OCH3 is 1. The summed E-state index contributed by atoms with van der Waals surface area (Å²) in [5.41, 5.74) is 1.76. The van der Waals surface area contributed by atoms with E-state index in [1.807, 2.05) is 26.0 Å². The Hall–Kier alpha value is -2.78. The van der Waals surface area contributed by atoms with Gasteiger partial charge in [-0.1, -0.05) is 50.1 Å². The number of carbonyl (C=O) groups is 2. The molecule has 1 N–H and O–H groups in total. The molecule has 0 aromatic heterocycles. The molecule has 1 unspecified atom stereocenters. The Morgan fingerprint density at radius 3 is 2.33 bits per heavy atom. The monoisotopic (exact) mass is 537 g/mol. The van der Waals surface area contributed by atoms with E-state index in [1.165, 1.54) is 11.0 Å². The van der Waals surface area contributed by atoms with Gasteiger partial charge in [-0.3, -0.25) is 13.9 Å². The van der Waals surface area contributed by atoms with Gasteiger partial charge >= 0.3 is 0 Å². The van der Waals surface area contributed by atoms with Gasteiger partial charge in [0.25, 0.3) is 0 Å². The molecule has 0 heterocycles. The number of benzene rings is 2. The average Bonchev–Trinajstić information content (AvgIpc) is 2.83. The SMILES string of the molecule is CCCCNC(=O)C(CC)N(Cc1ccc(OC)cc1)C(=O)CN(c1cc(Cl)ccc1C)S(C)(=O)=O. The number of anilines is 1. The van der Waals surface area contributed by atoms with Gasteiger partial charge in [0.15, 0.2) is 0 Å². The fraction of sp³-hybridized carbons (Fsp3) is 0.462. The Kier molecular flexibility index (Phi) is 11.0. The van der Waals surface area contributed by atoms with E-state index in [1.54, 1.807) is 38.3 Å². The quantitative estimate of drug-likeness (QED) is 0.387. The van der Waals surface area contributed by atoms with Crippen LogP contribution in [0.4, 0.5) is 5.69 Å². The van der Waals surface area contributed by atoms with Crippen LogP contribution in [-0.2, 0) is 26.2 Å². The second kappa shape index (κ2) is 13.5. The van der Waals surface area contributed by atoms with Crippen molar-refractivity contribution in [3.05, 3.63) is 58.6 Å². The molecule has 198 valence electrons. The van der Waals surface area contributed by atoms with Crippen LogP contribution in [0.2, 0.25) is 5.02 Å². The minimum atomic E-state index is -3.83. The van der Waals surface area contributed by atoms with E-state index in [2.05, 4.69) is 5.32 Å². The van der Waals surface area contributed by atoms with Crippen LogP contribution in [0, 0.1) is 6.92 Å². The number of sulfonamides is 1. The molecule has 0 radical (unpaired) electrons. The number of nitrogens with one attached hydrogen (secondary N) is 1. The summed E-state index contributed by atoms with van der Waals surface area (Å²) in [7, 11) is -2.26. The minimum Gasteiger partial charge on any atom is -0.497 e. The van der Waals surface area contributed by atoms with Gasteiger partial charge in [0.2, 0.25) is 21.8 Å². The fourth-order valence-corrected chi connectivity index (χ4v) is 4.86. The summed E-state index contributed by atoms with van der Waals surface area (Å²) >= 11 is 6.14. The molecule has 0 bridgehead atoms. The minimum absolute atomic E-state index is 0.134. The van der Waals surface area contributed by atoms with Crippen molar-refractivity contribution in [1.82, 2.24) is 10.2 Å². The molecule has 2 amide bonds. The third kappa shape index (κ3) is 8.13. The number of hydrogen-bond acceptors (Lipinski definition) is 5. The molecule has 0 aliphatic heterocycles. The maximum atomic E-state index is 13.7. The topological polar surface area (TPSA) is 96.0 Å². The van der Waals surface area contributed by atoms with Crippen LogP contribution in [0.5, 0.6) is 5.75 Å². The van der Waals surface area contributed by atoms with E-state index in [0.29, 0.717) is 35.0 Å². The molecule has 0 saturated carbocycles. The maximum Gasteiger partial charge on any atom is 0.244 e. The molecule has 0 aliphatic rings. The Labute approximate surface area is 219 Å². The zero-order chi connectivity index (χ0) is 26.9. The van der Waals surface area contributed by atoms with Crippen LogP contribution in [0.25, 0.3) is 0 Å². The lowest BCUT2D eigenvalue weighted by Gasteiger charge is -2.33. The first kappa shape index (κ1) is 29.5. The van der Waals surface area contributed by atoms with Gasteiger partial charge in [-0.25, -0.2) is 8.42 Å². The summed E-state index contributed by atoms with van der Waals surface area (Å²) < 4.78 is 31.8. The Morgan fingerprint density at radius 1 is 1.11 bits per heavy atom. The van der Waals surface area contributed by atoms with Crippen molar-refractivity contribution < 1.29 is 22.7 Å². The Balaban J connectivity index is 2.44. The van der Waals surface area contributed by atoms with E-state index >= 15 is 0 Å². The van der Waals surface area contributed by atoms with Crippen molar-refractivity contribution in [3.63, 3.8) is 0 Å². The molecular weight excluding hydrogens is 502 g/mol. The highest BCUT2D eigenvalue weighted by Crippen LogP contribution is 2.27. The predicted octanol–water partition coefficient (Wildman–Crippen LogP) is 4.15. The molecular formula is C26H36ClN3O5S. The van der Waals surface area contributed by atoms with Gasteiger partial charge in [0, 0.05) is 18.1 Å². The van der Waals surface area contributed by atoms with Crippen molar-refractivity contribution in [3.8, 4) is 5.75 Å². The summed E-state index contributed by atoms with van der Waals surface area (Å²) in [4.78, 5) is 28.2. The second-order valence-corrected chi connectivity index (χ2v) is 11.0. The molecule has 0 aliphatic carbocycles. The summed E-state index contributed by atoms with van der Waals surface area (Å²) in [6.07, 6.45) is 3.16. The largest absolute Gasteiger partial charge is 0.497 e. The molecule has 10 heteroatoms. The van der Waals surface area contributed by atoms with Crippen molar-refractivity contribution >= 4 is 39.1 Å². The number of unbranched alkanes of at least 4 members (excludes halogenated alkanes) is 1. The highest BCUT2D eigenvalue weighted by molar-refractivity contribution is 7.92. The average molecular weight is 538 g/mol. The van der Waals surface area contributed by atoms with Crippen LogP contribution >= 0.6 is 11.6 Å².